The Morgan fingerprint density at radius 2 is 2.13 bits per heavy atom. The lowest BCUT2D eigenvalue weighted by molar-refractivity contribution is 0.225. The first-order chi connectivity index (χ1) is 11.1. The number of rotatable bonds is 5. The fraction of sp³-hybridized carbons (Fsp3) is 0.389. The van der Waals surface area contributed by atoms with Crippen molar-refractivity contribution in [2.75, 3.05) is 25.0 Å². The summed E-state index contributed by atoms with van der Waals surface area (Å²) in [6.45, 7) is 2.53. The van der Waals surface area contributed by atoms with Crippen LogP contribution in [0, 0.1) is 0 Å². The molecule has 23 heavy (non-hydrogen) atoms. The molecule has 1 aliphatic rings. The van der Waals surface area contributed by atoms with E-state index in [1.165, 1.54) is 11.8 Å². The van der Waals surface area contributed by atoms with Crippen molar-refractivity contribution in [2.24, 2.45) is 0 Å². The Hall–Kier alpha value is -2.27. The van der Waals surface area contributed by atoms with Crippen LogP contribution >= 0.6 is 0 Å². The van der Waals surface area contributed by atoms with Gasteiger partial charge < -0.3 is 14.4 Å². The molecule has 0 amide bonds. The van der Waals surface area contributed by atoms with E-state index in [1.807, 2.05) is 18.2 Å². The highest BCUT2D eigenvalue weighted by Gasteiger charge is 2.26. The summed E-state index contributed by atoms with van der Waals surface area (Å²) in [6.07, 6.45) is 3.41. The topological polar surface area (TPSA) is 56.9 Å². The number of likely N-dealkylation sites (N-methyl/N-ethyl adjacent to an activating group) is 1. The summed E-state index contributed by atoms with van der Waals surface area (Å²) in [5.41, 5.74) is 0.818. The molecule has 0 aliphatic carbocycles. The summed E-state index contributed by atoms with van der Waals surface area (Å²) < 4.78 is 5.33. The lowest BCUT2D eigenvalue weighted by Crippen LogP contribution is -2.38. The number of likely N-dealkylation sites (tertiary alicyclic amines) is 1. The van der Waals surface area contributed by atoms with Crippen molar-refractivity contribution < 1.29 is 9.52 Å². The van der Waals surface area contributed by atoms with E-state index in [0.717, 1.165) is 32.2 Å². The SMILES string of the molecule is CN(CC1CCCN1Cc1cc(=O)c(O)co1)c1ccccc1. The van der Waals surface area contributed by atoms with Crippen molar-refractivity contribution in [3.8, 4) is 5.75 Å². The Bertz CT molecular complexity index is 699. The van der Waals surface area contributed by atoms with Gasteiger partial charge in [-0.15, -0.1) is 0 Å². The molecule has 0 saturated carbocycles. The average Bonchev–Trinajstić information content (AvgIpc) is 2.98. The Kier molecular flexibility index (Phi) is 4.67. The standard InChI is InChI=1S/C18H22N2O3/c1-19(14-6-3-2-4-7-14)11-15-8-5-9-20(15)12-16-10-17(21)18(22)13-23-16/h2-4,6-7,10,13,15,22H,5,8-9,11-12H2,1H3. The minimum atomic E-state index is -0.386. The van der Waals surface area contributed by atoms with Crippen LogP contribution in [0.5, 0.6) is 5.75 Å². The summed E-state index contributed by atoms with van der Waals surface area (Å²) in [5, 5.41) is 9.28. The molecule has 0 bridgehead atoms. The highest BCUT2D eigenvalue weighted by atomic mass is 16.4. The zero-order chi connectivity index (χ0) is 16.2. The number of para-hydroxylation sites is 1. The lowest BCUT2D eigenvalue weighted by Gasteiger charge is -2.29. The molecule has 1 saturated heterocycles. The fourth-order valence-electron chi connectivity index (χ4n) is 3.14. The minimum Gasteiger partial charge on any atom is -0.502 e. The van der Waals surface area contributed by atoms with Crippen LogP contribution < -0.4 is 10.3 Å². The highest BCUT2D eigenvalue weighted by Crippen LogP contribution is 2.22. The predicted molar refractivity (Wildman–Crippen MR) is 89.8 cm³/mol. The molecule has 0 radical (unpaired) electrons. The van der Waals surface area contributed by atoms with E-state index < -0.39 is 0 Å². The van der Waals surface area contributed by atoms with Gasteiger partial charge in [0.05, 0.1) is 6.54 Å². The van der Waals surface area contributed by atoms with Crippen LogP contribution in [0.3, 0.4) is 0 Å². The second-order valence-corrected chi connectivity index (χ2v) is 6.08. The molecule has 122 valence electrons. The molecule has 1 N–H and O–H groups in total. The Balaban J connectivity index is 1.65. The van der Waals surface area contributed by atoms with Crippen molar-refractivity contribution in [3.63, 3.8) is 0 Å². The zero-order valence-corrected chi connectivity index (χ0v) is 13.3. The molecule has 1 fully saturated rings. The van der Waals surface area contributed by atoms with Gasteiger partial charge in [0.1, 0.15) is 12.0 Å². The number of hydrogen-bond acceptors (Lipinski definition) is 5. The normalized spacial score (nSPS) is 18.2. The predicted octanol–water partition coefficient (Wildman–Crippen LogP) is 2.45. The number of nitrogens with zero attached hydrogens (tertiary/aromatic N) is 2. The molecule has 1 aliphatic heterocycles. The van der Waals surface area contributed by atoms with Crippen LogP contribution in [0.15, 0.2) is 51.9 Å². The third-order valence-corrected chi connectivity index (χ3v) is 4.41. The van der Waals surface area contributed by atoms with E-state index in [1.54, 1.807) is 0 Å². The van der Waals surface area contributed by atoms with Gasteiger partial charge in [0.15, 0.2) is 5.75 Å². The van der Waals surface area contributed by atoms with Gasteiger partial charge in [0.2, 0.25) is 5.43 Å². The highest BCUT2D eigenvalue weighted by molar-refractivity contribution is 5.45. The Morgan fingerprint density at radius 1 is 1.35 bits per heavy atom. The summed E-state index contributed by atoms with van der Waals surface area (Å²) in [7, 11) is 2.10. The second-order valence-electron chi connectivity index (χ2n) is 6.08. The molecule has 1 aromatic carbocycles. The Labute approximate surface area is 135 Å². The van der Waals surface area contributed by atoms with Gasteiger partial charge in [-0.25, -0.2) is 0 Å². The first-order valence-corrected chi connectivity index (χ1v) is 7.94. The molecule has 3 rings (SSSR count). The van der Waals surface area contributed by atoms with Crippen molar-refractivity contribution in [2.45, 2.75) is 25.4 Å². The van der Waals surface area contributed by atoms with Gasteiger partial charge in [0, 0.05) is 31.4 Å². The maximum atomic E-state index is 11.5. The van der Waals surface area contributed by atoms with Crippen molar-refractivity contribution in [1.29, 1.82) is 0 Å². The third-order valence-electron chi connectivity index (χ3n) is 4.41. The molecular weight excluding hydrogens is 292 g/mol. The first kappa shape index (κ1) is 15.6. The van der Waals surface area contributed by atoms with Gasteiger partial charge in [0.25, 0.3) is 0 Å². The van der Waals surface area contributed by atoms with Crippen LogP contribution in [0.4, 0.5) is 5.69 Å². The molecule has 0 spiro atoms. The summed E-state index contributed by atoms with van der Waals surface area (Å²) >= 11 is 0. The largest absolute Gasteiger partial charge is 0.502 e. The van der Waals surface area contributed by atoms with Crippen molar-refractivity contribution >= 4 is 5.69 Å². The molecule has 1 atom stereocenters. The summed E-state index contributed by atoms with van der Waals surface area (Å²) in [5.74, 6) is 0.262. The van der Waals surface area contributed by atoms with E-state index in [0.29, 0.717) is 18.3 Å². The van der Waals surface area contributed by atoms with Crippen LogP contribution in [0.25, 0.3) is 0 Å². The number of hydrogen-bond donors (Lipinski definition) is 1. The Morgan fingerprint density at radius 3 is 2.87 bits per heavy atom. The van der Waals surface area contributed by atoms with Crippen LogP contribution in [0.1, 0.15) is 18.6 Å². The van der Waals surface area contributed by atoms with E-state index in [4.69, 9.17) is 4.42 Å². The maximum absolute atomic E-state index is 11.5. The van der Waals surface area contributed by atoms with Gasteiger partial charge in [-0.05, 0) is 31.5 Å². The smallest absolute Gasteiger partial charge is 0.226 e. The monoisotopic (exact) mass is 314 g/mol. The first-order valence-electron chi connectivity index (χ1n) is 7.94. The van der Waals surface area contributed by atoms with Gasteiger partial charge in [-0.2, -0.15) is 0 Å². The van der Waals surface area contributed by atoms with Gasteiger partial charge in [-0.1, -0.05) is 18.2 Å². The van der Waals surface area contributed by atoms with Crippen LogP contribution in [0.2, 0.25) is 0 Å². The number of aromatic hydroxyl groups is 1. The van der Waals surface area contributed by atoms with Crippen molar-refractivity contribution in [1.82, 2.24) is 4.90 Å². The van der Waals surface area contributed by atoms with Gasteiger partial charge in [-0.3, -0.25) is 9.69 Å². The molecule has 5 nitrogen and oxygen atoms in total. The molecule has 5 heteroatoms. The third kappa shape index (κ3) is 3.74. The second kappa shape index (κ2) is 6.87. The van der Waals surface area contributed by atoms with Crippen LogP contribution in [-0.4, -0.2) is 36.2 Å². The van der Waals surface area contributed by atoms with E-state index in [2.05, 4.69) is 29.0 Å². The number of anilines is 1. The number of benzene rings is 1. The summed E-state index contributed by atoms with van der Waals surface area (Å²) in [6, 6.07) is 12.1. The van der Waals surface area contributed by atoms with E-state index in [-0.39, 0.29) is 11.2 Å². The average molecular weight is 314 g/mol. The fourth-order valence-corrected chi connectivity index (χ4v) is 3.14. The minimum absolute atomic E-state index is 0.337. The molecule has 2 aromatic rings. The zero-order valence-electron chi connectivity index (χ0n) is 13.3. The van der Waals surface area contributed by atoms with E-state index >= 15 is 0 Å². The van der Waals surface area contributed by atoms with E-state index in [9.17, 15) is 9.90 Å². The molecule has 1 aromatic heterocycles. The lowest BCUT2D eigenvalue weighted by atomic mass is 10.2. The molecule has 2 heterocycles. The molecular formula is C18H22N2O3. The van der Waals surface area contributed by atoms with Gasteiger partial charge >= 0.3 is 0 Å². The molecule has 1 unspecified atom stereocenters. The quantitative estimate of drug-likeness (QED) is 0.918. The van der Waals surface area contributed by atoms with Crippen molar-refractivity contribution in [3.05, 3.63) is 58.6 Å². The van der Waals surface area contributed by atoms with Crippen LogP contribution in [-0.2, 0) is 6.54 Å². The summed E-state index contributed by atoms with van der Waals surface area (Å²) in [4.78, 5) is 16.1. The maximum Gasteiger partial charge on any atom is 0.226 e.